The third-order valence-electron chi connectivity index (χ3n) is 2.77. The maximum atomic E-state index is 4.57. The molecule has 0 saturated heterocycles. The Balaban J connectivity index is 2.63. The molecule has 0 atom stereocenters. The van der Waals surface area contributed by atoms with Crippen molar-refractivity contribution in [2.24, 2.45) is 0 Å². The van der Waals surface area contributed by atoms with E-state index in [-0.39, 0.29) is 0 Å². The average Bonchev–Trinajstić information content (AvgIpc) is 2.61. The van der Waals surface area contributed by atoms with E-state index in [0.717, 1.165) is 11.3 Å². The van der Waals surface area contributed by atoms with Crippen LogP contribution in [-0.2, 0) is 0 Å². The minimum absolute atomic E-state index is 1.06. The van der Waals surface area contributed by atoms with Crippen molar-refractivity contribution in [3.8, 4) is 0 Å². The van der Waals surface area contributed by atoms with Crippen molar-refractivity contribution in [3.05, 3.63) is 47.9 Å². The summed E-state index contributed by atoms with van der Waals surface area (Å²) in [6, 6.07) is 10.6. The van der Waals surface area contributed by atoms with E-state index in [9.17, 15) is 0 Å². The molecule has 74 valence electrons. The van der Waals surface area contributed by atoms with Crippen LogP contribution >= 0.6 is 0 Å². The number of fused-ring (bicyclic) bond motifs is 3. The van der Waals surface area contributed by atoms with Gasteiger partial charge in [0.1, 0.15) is 5.65 Å². The van der Waals surface area contributed by atoms with Gasteiger partial charge >= 0.3 is 0 Å². The zero-order chi connectivity index (χ0) is 10.4. The van der Waals surface area contributed by atoms with E-state index >= 15 is 0 Å². The van der Waals surface area contributed by atoms with E-state index in [0.29, 0.717) is 0 Å². The minimum Gasteiger partial charge on any atom is -0.304 e. The number of aryl methyl sites for hydroxylation is 2. The Labute approximate surface area is 88.2 Å². The van der Waals surface area contributed by atoms with Crippen LogP contribution in [0.2, 0.25) is 0 Å². The monoisotopic (exact) mass is 196 g/mol. The second-order valence-electron chi connectivity index (χ2n) is 3.95. The van der Waals surface area contributed by atoms with Gasteiger partial charge in [0.15, 0.2) is 0 Å². The van der Waals surface area contributed by atoms with Gasteiger partial charge in [0.25, 0.3) is 0 Å². The quantitative estimate of drug-likeness (QED) is 0.540. The van der Waals surface area contributed by atoms with E-state index in [1.54, 1.807) is 0 Å². The predicted molar refractivity (Wildman–Crippen MR) is 62.2 cm³/mol. The van der Waals surface area contributed by atoms with Gasteiger partial charge in [-0.15, -0.1) is 0 Å². The maximum absolute atomic E-state index is 4.57. The first-order chi connectivity index (χ1) is 7.25. The van der Waals surface area contributed by atoms with Gasteiger partial charge in [-0.2, -0.15) is 0 Å². The van der Waals surface area contributed by atoms with Crippen molar-refractivity contribution in [2.75, 3.05) is 0 Å². The fourth-order valence-corrected chi connectivity index (χ4v) is 2.08. The first-order valence-corrected chi connectivity index (χ1v) is 5.10. The lowest BCUT2D eigenvalue weighted by atomic mass is 10.1. The first kappa shape index (κ1) is 8.48. The molecule has 2 aromatic heterocycles. The third-order valence-corrected chi connectivity index (χ3v) is 2.77. The number of nitrogens with zero attached hydrogens (tertiary/aromatic N) is 2. The van der Waals surface area contributed by atoms with Crippen LogP contribution in [0.4, 0.5) is 0 Å². The molecule has 0 saturated carbocycles. The van der Waals surface area contributed by atoms with Gasteiger partial charge in [-0.1, -0.05) is 24.3 Å². The van der Waals surface area contributed by atoms with E-state index < -0.39 is 0 Å². The average molecular weight is 196 g/mol. The molecule has 1 aromatic carbocycles. The SMILES string of the molecule is Cc1cn2c(C)cc3ccccc3c2n1. The highest BCUT2D eigenvalue weighted by atomic mass is 15.0. The van der Waals surface area contributed by atoms with Gasteiger partial charge in [0, 0.05) is 17.3 Å². The predicted octanol–water partition coefficient (Wildman–Crippen LogP) is 3.10. The van der Waals surface area contributed by atoms with Crippen molar-refractivity contribution in [3.63, 3.8) is 0 Å². The largest absolute Gasteiger partial charge is 0.304 e. The number of aromatic nitrogens is 2. The van der Waals surface area contributed by atoms with Crippen LogP contribution in [0, 0.1) is 13.8 Å². The molecular formula is C13H12N2. The Bertz CT molecular complexity index is 650. The van der Waals surface area contributed by atoms with Crippen molar-refractivity contribution in [1.82, 2.24) is 9.38 Å². The Morgan fingerprint density at radius 3 is 2.80 bits per heavy atom. The van der Waals surface area contributed by atoms with E-state index in [1.165, 1.54) is 16.5 Å². The van der Waals surface area contributed by atoms with Gasteiger partial charge in [-0.05, 0) is 25.3 Å². The van der Waals surface area contributed by atoms with E-state index in [4.69, 9.17) is 0 Å². The van der Waals surface area contributed by atoms with Crippen LogP contribution in [0.15, 0.2) is 36.5 Å². The number of hydrogen-bond donors (Lipinski definition) is 0. The second kappa shape index (κ2) is 2.83. The number of pyridine rings is 1. The van der Waals surface area contributed by atoms with Gasteiger partial charge in [0.2, 0.25) is 0 Å². The smallest absolute Gasteiger partial charge is 0.145 e. The molecule has 0 aliphatic heterocycles. The molecular weight excluding hydrogens is 184 g/mol. The number of benzene rings is 1. The zero-order valence-corrected chi connectivity index (χ0v) is 8.86. The maximum Gasteiger partial charge on any atom is 0.145 e. The summed E-state index contributed by atoms with van der Waals surface area (Å²) in [5.41, 5.74) is 3.35. The summed E-state index contributed by atoms with van der Waals surface area (Å²) in [6.07, 6.45) is 2.08. The number of rotatable bonds is 0. The lowest BCUT2D eigenvalue weighted by Crippen LogP contribution is -1.90. The fourth-order valence-electron chi connectivity index (χ4n) is 2.08. The van der Waals surface area contributed by atoms with Gasteiger partial charge in [-0.25, -0.2) is 4.98 Å². The molecule has 3 rings (SSSR count). The zero-order valence-electron chi connectivity index (χ0n) is 8.86. The molecule has 0 aliphatic carbocycles. The van der Waals surface area contributed by atoms with E-state index in [1.807, 2.05) is 6.92 Å². The summed E-state index contributed by atoms with van der Waals surface area (Å²) < 4.78 is 2.15. The third kappa shape index (κ3) is 1.14. The normalized spacial score (nSPS) is 11.3. The first-order valence-electron chi connectivity index (χ1n) is 5.10. The van der Waals surface area contributed by atoms with Crippen molar-refractivity contribution < 1.29 is 0 Å². The molecule has 0 bridgehead atoms. The highest BCUT2D eigenvalue weighted by Gasteiger charge is 2.05. The van der Waals surface area contributed by atoms with Gasteiger partial charge < -0.3 is 4.40 Å². The van der Waals surface area contributed by atoms with Crippen LogP contribution in [-0.4, -0.2) is 9.38 Å². The van der Waals surface area contributed by atoms with E-state index in [2.05, 4.69) is 52.8 Å². The molecule has 0 unspecified atom stereocenters. The van der Waals surface area contributed by atoms with Crippen LogP contribution in [0.1, 0.15) is 11.4 Å². The van der Waals surface area contributed by atoms with Crippen LogP contribution in [0.25, 0.3) is 16.4 Å². The number of hydrogen-bond acceptors (Lipinski definition) is 1. The summed E-state index contributed by atoms with van der Waals surface area (Å²) in [7, 11) is 0. The second-order valence-corrected chi connectivity index (χ2v) is 3.95. The van der Waals surface area contributed by atoms with Crippen LogP contribution in [0.5, 0.6) is 0 Å². The summed E-state index contributed by atoms with van der Waals surface area (Å²) in [6.45, 7) is 4.14. The van der Waals surface area contributed by atoms with Crippen molar-refractivity contribution >= 4 is 16.4 Å². The fraction of sp³-hybridized carbons (Fsp3) is 0.154. The summed E-state index contributed by atoms with van der Waals surface area (Å²) in [5, 5.41) is 2.48. The molecule has 0 spiro atoms. The molecule has 0 N–H and O–H groups in total. The lowest BCUT2D eigenvalue weighted by Gasteiger charge is -2.03. The molecule has 3 aromatic rings. The van der Waals surface area contributed by atoms with Crippen molar-refractivity contribution in [1.29, 1.82) is 0 Å². The highest BCUT2D eigenvalue weighted by molar-refractivity contribution is 5.94. The minimum atomic E-state index is 1.06. The lowest BCUT2D eigenvalue weighted by molar-refractivity contribution is 1.10. The Morgan fingerprint density at radius 2 is 1.93 bits per heavy atom. The van der Waals surface area contributed by atoms with Crippen molar-refractivity contribution in [2.45, 2.75) is 13.8 Å². The van der Waals surface area contributed by atoms with Crippen LogP contribution < -0.4 is 0 Å². The molecule has 2 nitrogen and oxygen atoms in total. The van der Waals surface area contributed by atoms with Crippen LogP contribution in [0.3, 0.4) is 0 Å². The molecule has 0 radical (unpaired) electrons. The summed E-state index contributed by atoms with van der Waals surface area (Å²) in [5.74, 6) is 0. The van der Waals surface area contributed by atoms with Gasteiger partial charge in [0.05, 0.1) is 5.69 Å². The Morgan fingerprint density at radius 1 is 1.13 bits per heavy atom. The Hall–Kier alpha value is -1.83. The highest BCUT2D eigenvalue weighted by Crippen LogP contribution is 2.21. The molecule has 0 amide bonds. The van der Waals surface area contributed by atoms with Gasteiger partial charge in [-0.3, -0.25) is 0 Å². The standard InChI is InChI=1S/C13H12N2/c1-9-8-15-10(2)7-11-5-3-4-6-12(11)13(15)14-9/h3-8H,1-2H3. The number of imidazole rings is 1. The molecule has 2 heterocycles. The summed E-state index contributed by atoms with van der Waals surface area (Å²) >= 11 is 0. The molecule has 0 fully saturated rings. The molecule has 15 heavy (non-hydrogen) atoms. The molecule has 0 aliphatic rings. The summed E-state index contributed by atoms with van der Waals surface area (Å²) in [4.78, 5) is 4.57. The molecule has 2 heteroatoms. The topological polar surface area (TPSA) is 17.3 Å². The Kier molecular flexibility index (Phi) is 1.60.